The lowest BCUT2D eigenvalue weighted by Crippen LogP contribution is -2.48. The van der Waals surface area contributed by atoms with Gasteiger partial charge in [0.2, 0.25) is 0 Å². The Labute approximate surface area is 125 Å². The van der Waals surface area contributed by atoms with E-state index in [4.69, 9.17) is 9.47 Å². The second-order valence-electron chi connectivity index (χ2n) is 5.71. The number of aryl methyl sites for hydroxylation is 1. The zero-order valence-corrected chi connectivity index (χ0v) is 13.0. The van der Waals surface area contributed by atoms with Crippen molar-refractivity contribution in [2.45, 2.75) is 48.2 Å². The highest BCUT2D eigenvalue weighted by Gasteiger charge is 2.45. The van der Waals surface area contributed by atoms with E-state index in [-0.39, 0.29) is 5.79 Å². The van der Waals surface area contributed by atoms with Crippen molar-refractivity contribution in [1.29, 1.82) is 0 Å². The quantitative estimate of drug-likeness (QED) is 0.928. The van der Waals surface area contributed by atoms with Gasteiger partial charge in [0.05, 0.1) is 13.2 Å². The summed E-state index contributed by atoms with van der Waals surface area (Å²) in [6, 6.07) is 9.31. The van der Waals surface area contributed by atoms with Crippen LogP contribution in [0.3, 0.4) is 0 Å². The average Bonchev–Trinajstić information content (AvgIpc) is 2.90. The molecule has 4 heteroatoms. The maximum Gasteiger partial charge on any atom is 0.169 e. The number of thioether (sulfide) groups is 1. The van der Waals surface area contributed by atoms with Crippen molar-refractivity contribution in [2.24, 2.45) is 0 Å². The topological polar surface area (TPSA) is 30.5 Å². The van der Waals surface area contributed by atoms with E-state index in [1.165, 1.54) is 10.5 Å². The highest BCUT2D eigenvalue weighted by Crippen LogP contribution is 2.42. The summed E-state index contributed by atoms with van der Waals surface area (Å²) < 4.78 is 11.8. The van der Waals surface area contributed by atoms with Gasteiger partial charge in [0.1, 0.15) is 0 Å². The predicted molar refractivity (Wildman–Crippen MR) is 82.2 cm³/mol. The second kappa shape index (κ2) is 6.06. The zero-order chi connectivity index (χ0) is 14.0. The van der Waals surface area contributed by atoms with Crippen LogP contribution in [0.2, 0.25) is 0 Å². The van der Waals surface area contributed by atoms with Crippen molar-refractivity contribution in [3.63, 3.8) is 0 Å². The van der Waals surface area contributed by atoms with Gasteiger partial charge in [-0.3, -0.25) is 0 Å². The van der Waals surface area contributed by atoms with Gasteiger partial charge in [-0.1, -0.05) is 17.7 Å². The summed E-state index contributed by atoms with van der Waals surface area (Å²) in [6.45, 7) is 3.61. The fraction of sp³-hybridized carbons (Fsp3) is 0.625. The molecule has 1 aliphatic heterocycles. The lowest BCUT2D eigenvalue weighted by molar-refractivity contribution is -0.177. The fourth-order valence-corrected chi connectivity index (χ4v) is 4.53. The Morgan fingerprint density at radius 2 is 1.90 bits per heavy atom. The minimum Gasteiger partial charge on any atom is -0.347 e. The first-order valence-corrected chi connectivity index (χ1v) is 8.27. The number of rotatable bonds is 3. The zero-order valence-electron chi connectivity index (χ0n) is 12.2. The molecule has 1 saturated heterocycles. The number of benzene rings is 1. The molecule has 0 aromatic heterocycles. The summed E-state index contributed by atoms with van der Waals surface area (Å²) in [6.07, 6.45) is 3.08. The number of ether oxygens (including phenoxy) is 2. The minimum absolute atomic E-state index is 0.310. The van der Waals surface area contributed by atoms with Gasteiger partial charge >= 0.3 is 0 Å². The SMILES string of the molecule is CNC1CCC2(CC1Sc1ccc(C)cc1)OCCO2. The third-order valence-electron chi connectivity index (χ3n) is 4.29. The highest BCUT2D eigenvalue weighted by molar-refractivity contribution is 8.00. The predicted octanol–water partition coefficient (Wildman–Crippen LogP) is 2.97. The first kappa shape index (κ1) is 14.4. The molecule has 2 aliphatic rings. The molecule has 2 unspecified atom stereocenters. The summed E-state index contributed by atoms with van der Waals surface area (Å²) in [5.74, 6) is -0.310. The van der Waals surface area contributed by atoms with Crippen LogP contribution in [0, 0.1) is 6.92 Å². The minimum atomic E-state index is -0.310. The molecule has 20 heavy (non-hydrogen) atoms. The molecule has 1 spiro atoms. The molecule has 1 aromatic rings. The summed E-state index contributed by atoms with van der Waals surface area (Å²) >= 11 is 1.94. The summed E-state index contributed by atoms with van der Waals surface area (Å²) in [4.78, 5) is 1.33. The van der Waals surface area contributed by atoms with E-state index in [2.05, 4.69) is 43.6 Å². The van der Waals surface area contributed by atoms with Crippen molar-refractivity contribution in [3.05, 3.63) is 29.8 Å². The maximum atomic E-state index is 5.90. The Bertz CT molecular complexity index is 442. The van der Waals surface area contributed by atoms with Gasteiger partial charge in [0.25, 0.3) is 0 Å². The van der Waals surface area contributed by atoms with Crippen LogP contribution < -0.4 is 5.32 Å². The molecule has 3 rings (SSSR count). The molecular weight excluding hydrogens is 270 g/mol. The molecule has 2 atom stereocenters. The normalized spacial score (nSPS) is 28.9. The monoisotopic (exact) mass is 293 g/mol. The molecule has 1 aliphatic carbocycles. The van der Waals surface area contributed by atoms with Gasteiger partial charge in [-0.05, 0) is 32.5 Å². The first-order valence-electron chi connectivity index (χ1n) is 7.39. The number of hydrogen-bond acceptors (Lipinski definition) is 4. The second-order valence-corrected chi connectivity index (χ2v) is 7.03. The molecule has 110 valence electrons. The Balaban J connectivity index is 1.72. The van der Waals surface area contributed by atoms with Crippen molar-refractivity contribution in [1.82, 2.24) is 5.32 Å². The molecule has 0 amide bonds. The van der Waals surface area contributed by atoms with Crippen molar-refractivity contribution >= 4 is 11.8 Å². The Hall–Kier alpha value is -0.550. The van der Waals surface area contributed by atoms with E-state index in [1.54, 1.807) is 0 Å². The summed E-state index contributed by atoms with van der Waals surface area (Å²) in [7, 11) is 2.06. The highest BCUT2D eigenvalue weighted by atomic mass is 32.2. The molecule has 2 fully saturated rings. The fourth-order valence-electron chi connectivity index (χ4n) is 3.12. The lowest BCUT2D eigenvalue weighted by atomic mass is 9.89. The van der Waals surface area contributed by atoms with Crippen LogP contribution in [0.4, 0.5) is 0 Å². The van der Waals surface area contributed by atoms with Crippen LogP contribution in [0.25, 0.3) is 0 Å². The van der Waals surface area contributed by atoms with Crippen molar-refractivity contribution in [3.8, 4) is 0 Å². The number of hydrogen-bond donors (Lipinski definition) is 1. The lowest BCUT2D eigenvalue weighted by Gasteiger charge is -2.40. The van der Waals surface area contributed by atoms with Gasteiger partial charge < -0.3 is 14.8 Å². The smallest absolute Gasteiger partial charge is 0.169 e. The van der Waals surface area contributed by atoms with Gasteiger partial charge in [-0.25, -0.2) is 0 Å². The van der Waals surface area contributed by atoms with Gasteiger partial charge in [0, 0.05) is 29.0 Å². The Kier molecular flexibility index (Phi) is 4.36. The molecule has 0 bridgehead atoms. The van der Waals surface area contributed by atoms with Crippen molar-refractivity contribution in [2.75, 3.05) is 20.3 Å². The first-order chi connectivity index (χ1) is 9.71. The summed E-state index contributed by atoms with van der Waals surface area (Å²) in [5, 5.41) is 3.96. The molecule has 3 nitrogen and oxygen atoms in total. The van der Waals surface area contributed by atoms with Gasteiger partial charge in [0.15, 0.2) is 5.79 Å². The Morgan fingerprint density at radius 1 is 1.20 bits per heavy atom. The van der Waals surface area contributed by atoms with E-state index in [1.807, 2.05) is 11.8 Å². The number of nitrogens with one attached hydrogen (secondary N) is 1. The van der Waals surface area contributed by atoms with E-state index in [0.29, 0.717) is 11.3 Å². The van der Waals surface area contributed by atoms with Crippen LogP contribution in [0.5, 0.6) is 0 Å². The van der Waals surface area contributed by atoms with Crippen LogP contribution in [0.1, 0.15) is 24.8 Å². The average molecular weight is 293 g/mol. The van der Waals surface area contributed by atoms with Crippen LogP contribution >= 0.6 is 11.8 Å². The van der Waals surface area contributed by atoms with E-state index in [0.717, 1.165) is 32.5 Å². The molecular formula is C16H23NO2S. The van der Waals surface area contributed by atoms with Gasteiger partial charge in [-0.2, -0.15) is 0 Å². The third kappa shape index (κ3) is 3.03. The van der Waals surface area contributed by atoms with E-state index >= 15 is 0 Å². The largest absolute Gasteiger partial charge is 0.347 e. The molecule has 1 saturated carbocycles. The van der Waals surface area contributed by atoms with Crippen LogP contribution in [-0.4, -0.2) is 37.3 Å². The molecule has 1 N–H and O–H groups in total. The van der Waals surface area contributed by atoms with Gasteiger partial charge in [-0.15, -0.1) is 11.8 Å². The van der Waals surface area contributed by atoms with Crippen LogP contribution in [-0.2, 0) is 9.47 Å². The van der Waals surface area contributed by atoms with E-state index in [9.17, 15) is 0 Å². The summed E-state index contributed by atoms with van der Waals surface area (Å²) in [5.41, 5.74) is 1.31. The molecule has 1 heterocycles. The van der Waals surface area contributed by atoms with Crippen LogP contribution in [0.15, 0.2) is 29.2 Å². The van der Waals surface area contributed by atoms with Crippen molar-refractivity contribution < 1.29 is 9.47 Å². The van der Waals surface area contributed by atoms with E-state index < -0.39 is 0 Å². The molecule has 0 radical (unpaired) electrons. The maximum absolute atomic E-state index is 5.90. The molecule has 1 aromatic carbocycles. The third-order valence-corrected chi connectivity index (χ3v) is 5.63. The standard InChI is InChI=1S/C16H23NO2S/c1-12-3-5-13(6-4-12)20-15-11-16(18-9-10-19-16)8-7-14(15)17-2/h3-6,14-15,17H,7-11H2,1-2H3. The Morgan fingerprint density at radius 3 is 2.55 bits per heavy atom.